The molecule has 32 heavy (non-hydrogen) atoms. The molecule has 0 spiro atoms. The topological polar surface area (TPSA) is 98.5 Å². The van der Waals surface area contributed by atoms with Gasteiger partial charge in [-0.25, -0.2) is 9.78 Å². The molecule has 3 aromatic rings. The highest BCUT2D eigenvalue weighted by atomic mass is 32.1. The van der Waals surface area contributed by atoms with Crippen LogP contribution >= 0.6 is 11.3 Å². The minimum Gasteiger partial charge on any atom is -0.497 e. The lowest BCUT2D eigenvalue weighted by Gasteiger charge is -2.12. The monoisotopic (exact) mass is 457 g/mol. The van der Waals surface area contributed by atoms with Crippen LogP contribution in [0.15, 0.2) is 33.9 Å². The van der Waals surface area contributed by atoms with Crippen LogP contribution in [0, 0.1) is 0 Å². The fourth-order valence-corrected chi connectivity index (χ4v) is 4.93. The number of methoxy groups -OCH3 is 1. The van der Waals surface area contributed by atoms with E-state index < -0.39 is 5.69 Å². The summed E-state index contributed by atoms with van der Waals surface area (Å²) in [7, 11) is 1.59. The zero-order valence-corrected chi connectivity index (χ0v) is 19.1. The molecule has 0 unspecified atom stereocenters. The van der Waals surface area contributed by atoms with Gasteiger partial charge < -0.3 is 15.0 Å². The molecule has 2 aromatic heterocycles. The van der Waals surface area contributed by atoms with Crippen molar-refractivity contribution in [1.82, 2.24) is 19.4 Å². The second kappa shape index (κ2) is 9.56. The maximum absolute atomic E-state index is 13.1. The summed E-state index contributed by atoms with van der Waals surface area (Å²) in [4.78, 5) is 45.5. The number of carbonyl (C=O) groups excluding carboxylic acids is 1. The molecule has 3 heterocycles. The van der Waals surface area contributed by atoms with E-state index in [-0.39, 0.29) is 23.7 Å². The third-order valence-corrected chi connectivity index (χ3v) is 6.60. The molecule has 1 aliphatic rings. The van der Waals surface area contributed by atoms with E-state index in [2.05, 4.69) is 15.2 Å². The van der Waals surface area contributed by atoms with Crippen LogP contribution in [0.3, 0.4) is 0 Å². The molecule has 1 aliphatic heterocycles. The van der Waals surface area contributed by atoms with Gasteiger partial charge in [-0.2, -0.15) is 0 Å². The number of hydrogen-bond donors (Lipinski definition) is 1. The standard InChI is InChI=1S/C22H27N5O4S/c1-3-9-26-20(29)18-19(24-21(32-18)25-10-4-5-11-25)27(22(26)30)14-17(28)23-13-15-7-6-8-16(12-15)31-2/h6-8,12H,3-5,9-11,13-14H2,1-2H3,(H,23,28). The van der Waals surface area contributed by atoms with Crippen LogP contribution in [0.5, 0.6) is 5.75 Å². The van der Waals surface area contributed by atoms with Crippen molar-refractivity contribution in [2.75, 3.05) is 25.1 Å². The molecule has 0 aliphatic carbocycles. The summed E-state index contributed by atoms with van der Waals surface area (Å²) in [6.45, 7) is 4.08. The van der Waals surface area contributed by atoms with Gasteiger partial charge >= 0.3 is 5.69 Å². The van der Waals surface area contributed by atoms with Crippen molar-refractivity contribution < 1.29 is 9.53 Å². The normalized spacial score (nSPS) is 13.6. The van der Waals surface area contributed by atoms with E-state index in [1.807, 2.05) is 31.2 Å². The number of nitrogens with one attached hydrogen (secondary N) is 1. The summed E-state index contributed by atoms with van der Waals surface area (Å²) in [5, 5.41) is 3.57. The Kier molecular flexibility index (Phi) is 6.59. The third kappa shape index (κ3) is 4.40. The molecule has 9 nitrogen and oxygen atoms in total. The second-order valence-corrected chi connectivity index (χ2v) is 8.77. The predicted octanol–water partition coefficient (Wildman–Crippen LogP) is 1.95. The first-order valence-corrected chi connectivity index (χ1v) is 11.6. The Morgan fingerprint density at radius 1 is 1.22 bits per heavy atom. The van der Waals surface area contributed by atoms with Crippen molar-refractivity contribution in [1.29, 1.82) is 0 Å². The Balaban J connectivity index is 1.64. The number of carbonyl (C=O) groups is 1. The van der Waals surface area contributed by atoms with Crippen molar-refractivity contribution in [2.24, 2.45) is 0 Å². The van der Waals surface area contributed by atoms with Crippen LogP contribution in [-0.2, 0) is 24.4 Å². The molecule has 10 heteroatoms. The van der Waals surface area contributed by atoms with Crippen LogP contribution in [0.4, 0.5) is 5.13 Å². The van der Waals surface area contributed by atoms with Crippen molar-refractivity contribution in [2.45, 2.75) is 45.8 Å². The molecule has 0 bridgehead atoms. The van der Waals surface area contributed by atoms with Crippen LogP contribution in [-0.4, -0.2) is 40.2 Å². The fraction of sp³-hybridized carbons (Fsp3) is 0.455. The number of anilines is 1. The molecular formula is C22H27N5O4S. The predicted molar refractivity (Wildman–Crippen MR) is 125 cm³/mol. The van der Waals surface area contributed by atoms with Gasteiger partial charge in [-0.3, -0.25) is 18.7 Å². The molecule has 0 saturated carbocycles. The van der Waals surface area contributed by atoms with E-state index in [4.69, 9.17) is 4.74 Å². The molecule has 1 aromatic carbocycles. The highest BCUT2D eigenvalue weighted by molar-refractivity contribution is 7.22. The molecule has 0 atom stereocenters. The number of benzene rings is 1. The lowest BCUT2D eigenvalue weighted by molar-refractivity contribution is -0.121. The Morgan fingerprint density at radius 2 is 2.00 bits per heavy atom. The molecule has 170 valence electrons. The van der Waals surface area contributed by atoms with E-state index in [1.165, 1.54) is 20.5 Å². The van der Waals surface area contributed by atoms with Crippen molar-refractivity contribution in [3.63, 3.8) is 0 Å². The van der Waals surface area contributed by atoms with Crippen molar-refractivity contribution >= 4 is 32.7 Å². The van der Waals surface area contributed by atoms with Gasteiger partial charge in [-0.05, 0) is 37.0 Å². The van der Waals surface area contributed by atoms with Gasteiger partial charge in [0.2, 0.25) is 5.91 Å². The summed E-state index contributed by atoms with van der Waals surface area (Å²) >= 11 is 1.30. The zero-order chi connectivity index (χ0) is 22.7. The van der Waals surface area contributed by atoms with E-state index in [9.17, 15) is 14.4 Å². The Hall–Kier alpha value is -3.14. The van der Waals surface area contributed by atoms with Gasteiger partial charge in [-0.1, -0.05) is 30.4 Å². The first-order valence-electron chi connectivity index (χ1n) is 10.8. The molecule has 4 rings (SSSR count). The lowest BCUT2D eigenvalue weighted by Crippen LogP contribution is -2.42. The van der Waals surface area contributed by atoms with Crippen LogP contribution in [0.1, 0.15) is 31.7 Å². The molecule has 0 radical (unpaired) electrons. The van der Waals surface area contributed by atoms with Gasteiger partial charge in [0.15, 0.2) is 10.8 Å². The molecule has 1 fully saturated rings. The van der Waals surface area contributed by atoms with Crippen molar-refractivity contribution in [3.8, 4) is 5.75 Å². The summed E-state index contributed by atoms with van der Waals surface area (Å²) in [6, 6.07) is 7.41. The van der Waals surface area contributed by atoms with Crippen molar-refractivity contribution in [3.05, 3.63) is 50.7 Å². The minimum absolute atomic E-state index is 0.202. The van der Waals surface area contributed by atoms with Crippen LogP contribution < -0.4 is 26.2 Å². The number of rotatable bonds is 8. The van der Waals surface area contributed by atoms with E-state index in [1.54, 1.807) is 7.11 Å². The van der Waals surface area contributed by atoms with Crippen LogP contribution in [0.2, 0.25) is 0 Å². The molecule has 1 saturated heterocycles. The number of thiazole rings is 1. The first kappa shape index (κ1) is 22.1. The number of amides is 1. The maximum Gasteiger partial charge on any atom is 0.333 e. The summed E-state index contributed by atoms with van der Waals surface area (Å²) < 4.78 is 8.16. The third-order valence-electron chi connectivity index (χ3n) is 5.50. The van der Waals surface area contributed by atoms with Gasteiger partial charge in [0, 0.05) is 26.2 Å². The first-order chi connectivity index (χ1) is 15.5. The Labute approximate surface area is 189 Å². The number of ether oxygens (including phenoxy) is 1. The average molecular weight is 458 g/mol. The van der Waals surface area contributed by atoms with E-state index in [0.717, 1.165) is 36.6 Å². The fourth-order valence-electron chi connectivity index (χ4n) is 3.86. The lowest BCUT2D eigenvalue weighted by atomic mass is 10.2. The SMILES string of the molecule is CCCn1c(=O)c2sc(N3CCCC3)nc2n(CC(=O)NCc2cccc(OC)c2)c1=O. The minimum atomic E-state index is -0.501. The molecule has 1 amide bonds. The molecular weight excluding hydrogens is 430 g/mol. The van der Waals surface area contributed by atoms with Gasteiger partial charge in [0.1, 0.15) is 17.0 Å². The van der Waals surface area contributed by atoms with Crippen LogP contribution in [0.25, 0.3) is 10.3 Å². The maximum atomic E-state index is 13.1. The highest BCUT2D eigenvalue weighted by Gasteiger charge is 2.22. The number of nitrogens with zero attached hydrogens (tertiary/aromatic N) is 4. The smallest absolute Gasteiger partial charge is 0.333 e. The largest absolute Gasteiger partial charge is 0.497 e. The number of fused-ring (bicyclic) bond motifs is 1. The second-order valence-electron chi connectivity index (χ2n) is 7.80. The summed E-state index contributed by atoms with van der Waals surface area (Å²) in [5.74, 6) is 0.381. The average Bonchev–Trinajstić information content (AvgIpc) is 3.48. The summed E-state index contributed by atoms with van der Waals surface area (Å²) in [6.07, 6.45) is 2.80. The summed E-state index contributed by atoms with van der Waals surface area (Å²) in [5.41, 5.74) is 0.342. The zero-order valence-electron chi connectivity index (χ0n) is 18.3. The Bertz CT molecular complexity index is 1240. The Morgan fingerprint density at radius 3 is 2.72 bits per heavy atom. The number of hydrogen-bond acceptors (Lipinski definition) is 7. The van der Waals surface area contributed by atoms with Gasteiger partial charge in [0.25, 0.3) is 5.56 Å². The number of aromatic nitrogens is 3. The van der Waals surface area contributed by atoms with E-state index >= 15 is 0 Å². The van der Waals surface area contributed by atoms with E-state index in [0.29, 0.717) is 30.0 Å². The van der Waals surface area contributed by atoms with Gasteiger partial charge in [-0.15, -0.1) is 0 Å². The quantitative estimate of drug-likeness (QED) is 0.555. The highest BCUT2D eigenvalue weighted by Crippen LogP contribution is 2.28. The molecule has 1 N–H and O–H groups in total. The van der Waals surface area contributed by atoms with Gasteiger partial charge in [0.05, 0.1) is 7.11 Å².